The maximum Gasteiger partial charge on any atom is 0.343 e. The van der Waals surface area contributed by atoms with Crippen LogP contribution in [0.1, 0.15) is 56.3 Å². The second kappa shape index (κ2) is 7.71. The molecule has 2 unspecified atom stereocenters. The van der Waals surface area contributed by atoms with Gasteiger partial charge in [-0.15, -0.1) is 0 Å². The van der Waals surface area contributed by atoms with E-state index in [1.165, 1.54) is 6.42 Å². The number of carbonyl (C=O) groups excluding carboxylic acids is 1. The fourth-order valence-corrected chi connectivity index (χ4v) is 4.39. The minimum absolute atomic E-state index is 0.159. The maximum absolute atomic E-state index is 12.6. The predicted molar refractivity (Wildman–Crippen MR) is 103 cm³/mol. The monoisotopic (exact) mass is 368 g/mol. The molecule has 2 aliphatic rings. The SMILES string of the molecule is CCCC1CC1C(=O)N1CCC(c2n[nH]c(=O)n2Cc2ccccc2)CC1. The van der Waals surface area contributed by atoms with Gasteiger partial charge in [-0.1, -0.05) is 43.7 Å². The van der Waals surface area contributed by atoms with Crippen molar-refractivity contribution in [1.82, 2.24) is 19.7 Å². The van der Waals surface area contributed by atoms with Gasteiger partial charge in [-0.3, -0.25) is 9.36 Å². The van der Waals surface area contributed by atoms with Gasteiger partial charge in [0, 0.05) is 24.9 Å². The lowest BCUT2D eigenvalue weighted by atomic mass is 9.95. The van der Waals surface area contributed by atoms with Crippen molar-refractivity contribution in [3.63, 3.8) is 0 Å². The molecule has 0 bridgehead atoms. The van der Waals surface area contributed by atoms with Crippen molar-refractivity contribution >= 4 is 5.91 Å². The van der Waals surface area contributed by atoms with E-state index in [0.29, 0.717) is 18.4 Å². The standard InChI is InChI=1S/C21H28N4O2/c1-2-6-17-13-18(17)20(26)24-11-9-16(10-12-24)19-22-23-21(27)25(19)14-15-7-4-3-5-8-15/h3-5,7-8,16-18H,2,6,9-14H2,1H3,(H,23,27). The summed E-state index contributed by atoms with van der Waals surface area (Å²) in [6.07, 6.45) is 5.15. The summed E-state index contributed by atoms with van der Waals surface area (Å²) in [5.41, 5.74) is 0.929. The fraction of sp³-hybridized carbons (Fsp3) is 0.571. The Balaban J connectivity index is 1.39. The average Bonchev–Trinajstić information content (AvgIpc) is 3.38. The van der Waals surface area contributed by atoms with Gasteiger partial charge in [-0.05, 0) is 37.2 Å². The van der Waals surface area contributed by atoms with Gasteiger partial charge >= 0.3 is 5.69 Å². The molecule has 1 aliphatic carbocycles. The van der Waals surface area contributed by atoms with Gasteiger partial charge in [0.25, 0.3) is 0 Å². The summed E-state index contributed by atoms with van der Waals surface area (Å²) in [5, 5.41) is 6.93. The van der Waals surface area contributed by atoms with Crippen LogP contribution >= 0.6 is 0 Å². The molecule has 1 aromatic carbocycles. The second-order valence-electron chi connectivity index (χ2n) is 7.95. The van der Waals surface area contributed by atoms with Crippen molar-refractivity contribution in [3.8, 4) is 0 Å². The Morgan fingerprint density at radius 2 is 1.96 bits per heavy atom. The molecule has 6 nitrogen and oxygen atoms in total. The minimum atomic E-state index is -0.159. The molecule has 1 amide bonds. The lowest BCUT2D eigenvalue weighted by Gasteiger charge is -2.32. The van der Waals surface area contributed by atoms with E-state index in [4.69, 9.17) is 0 Å². The van der Waals surface area contributed by atoms with E-state index in [1.54, 1.807) is 4.57 Å². The molecule has 6 heteroatoms. The molecule has 1 aromatic heterocycles. The van der Waals surface area contributed by atoms with Crippen molar-refractivity contribution < 1.29 is 4.79 Å². The van der Waals surface area contributed by atoms with Crippen molar-refractivity contribution in [2.24, 2.45) is 11.8 Å². The normalized spacial score (nSPS) is 22.8. The third kappa shape index (κ3) is 3.84. The highest BCUT2D eigenvalue weighted by molar-refractivity contribution is 5.81. The number of nitrogens with zero attached hydrogens (tertiary/aromatic N) is 3. The zero-order chi connectivity index (χ0) is 18.8. The molecule has 4 rings (SSSR count). The summed E-state index contributed by atoms with van der Waals surface area (Å²) in [6.45, 7) is 4.26. The number of carbonyl (C=O) groups is 1. The quantitative estimate of drug-likeness (QED) is 0.852. The van der Waals surface area contributed by atoms with Crippen LogP contribution in [0.25, 0.3) is 0 Å². The molecule has 1 N–H and O–H groups in total. The van der Waals surface area contributed by atoms with Crippen LogP contribution in [-0.4, -0.2) is 38.7 Å². The largest absolute Gasteiger partial charge is 0.343 e. The van der Waals surface area contributed by atoms with Gasteiger partial charge in [0.1, 0.15) is 5.82 Å². The Labute approximate surface area is 159 Å². The fourth-order valence-electron chi connectivity index (χ4n) is 4.39. The zero-order valence-corrected chi connectivity index (χ0v) is 15.9. The van der Waals surface area contributed by atoms with Gasteiger partial charge in [-0.2, -0.15) is 5.10 Å². The summed E-state index contributed by atoms with van der Waals surface area (Å²) >= 11 is 0. The lowest BCUT2D eigenvalue weighted by Crippen LogP contribution is -2.39. The van der Waals surface area contributed by atoms with E-state index < -0.39 is 0 Å². The Morgan fingerprint density at radius 3 is 2.67 bits per heavy atom. The van der Waals surface area contributed by atoms with Crippen LogP contribution in [0.2, 0.25) is 0 Å². The number of likely N-dealkylation sites (tertiary alicyclic amines) is 1. The van der Waals surface area contributed by atoms with E-state index in [-0.39, 0.29) is 17.5 Å². The third-order valence-electron chi connectivity index (χ3n) is 6.04. The number of nitrogens with one attached hydrogen (secondary N) is 1. The van der Waals surface area contributed by atoms with Gasteiger partial charge in [0.15, 0.2) is 0 Å². The Morgan fingerprint density at radius 1 is 1.22 bits per heavy atom. The van der Waals surface area contributed by atoms with Gasteiger partial charge in [0.05, 0.1) is 6.54 Å². The minimum Gasteiger partial charge on any atom is -0.342 e. The Hall–Kier alpha value is -2.37. The van der Waals surface area contributed by atoms with Crippen LogP contribution in [-0.2, 0) is 11.3 Å². The molecule has 144 valence electrons. The molecular weight excluding hydrogens is 340 g/mol. The van der Waals surface area contributed by atoms with Crippen LogP contribution in [0, 0.1) is 11.8 Å². The number of aromatic nitrogens is 3. The molecule has 0 radical (unpaired) electrons. The van der Waals surface area contributed by atoms with Crippen LogP contribution in [0.5, 0.6) is 0 Å². The maximum atomic E-state index is 12.6. The molecule has 27 heavy (non-hydrogen) atoms. The first-order valence-electron chi connectivity index (χ1n) is 10.1. The number of hydrogen-bond donors (Lipinski definition) is 1. The van der Waals surface area contributed by atoms with E-state index in [2.05, 4.69) is 17.1 Å². The molecule has 2 aromatic rings. The third-order valence-corrected chi connectivity index (χ3v) is 6.04. The van der Waals surface area contributed by atoms with Crippen molar-refractivity contribution in [3.05, 3.63) is 52.2 Å². The summed E-state index contributed by atoms with van der Waals surface area (Å²) in [5.74, 6) is 2.27. The Bertz CT molecular complexity index is 833. The van der Waals surface area contributed by atoms with Crippen LogP contribution < -0.4 is 5.69 Å². The lowest BCUT2D eigenvalue weighted by molar-refractivity contribution is -0.134. The van der Waals surface area contributed by atoms with Crippen LogP contribution in [0.4, 0.5) is 0 Å². The summed E-state index contributed by atoms with van der Waals surface area (Å²) in [4.78, 5) is 26.9. The molecular formula is C21H28N4O2. The van der Waals surface area contributed by atoms with Gasteiger partial charge in [-0.25, -0.2) is 9.89 Å². The number of H-pyrrole nitrogens is 1. The topological polar surface area (TPSA) is 71.0 Å². The zero-order valence-electron chi connectivity index (χ0n) is 15.9. The summed E-state index contributed by atoms with van der Waals surface area (Å²) in [6, 6.07) is 9.97. The predicted octanol–water partition coefficient (Wildman–Crippen LogP) is 2.76. The van der Waals surface area contributed by atoms with E-state index in [0.717, 1.165) is 50.2 Å². The van der Waals surface area contributed by atoms with E-state index in [9.17, 15) is 9.59 Å². The number of aromatic amines is 1. The number of amides is 1. The van der Waals surface area contributed by atoms with Crippen LogP contribution in [0.3, 0.4) is 0 Å². The molecule has 1 saturated heterocycles. The van der Waals surface area contributed by atoms with Crippen molar-refractivity contribution in [2.45, 2.75) is 51.5 Å². The first kappa shape index (κ1) is 18.0. The number of hydrogen-bond acceptors (Lipinski definition) is 3. The molecule has 1 aliphatic heterocycles. The Kier molecular flexibility index (Phi) is 5.14. The van der Waals surface area contributed by atoms with E-state index >= 15 is 0 Å². The number of benzene rings is 1. The molecule has 2 heterocycles. The van der Waals surface area contributed by atoms with Crippen molar-refractivity contribution in [1.29, 1.82) is 0 Å². The second-order valence-corrected chi connectivity index (χ2v) is 7.95. The van der Waals surface area contributed by atoms with E-state index in [1.807, 2.05) is 35.2 Å². The first-order chi connectivity index (χ1) is 13.2. The average molecular weight is 368 g/mol. The first-order valence-corrected chi connectivity index (χ1v) is 10.1. The molecule has 2 atom stereocenters. The smallest absolute Gasteiger partial charge is 0.342 e. The number of piperidine rings is 1. The van der Waals surface area contributed by atoms with Crippen molar-refractivity contribution in [2.75, 3.05) is 13.1 Å². The summed E-state index contributed by atoms with van der Waals surface area (Å²) < 4.78 is 1.75. The number of rotatable bonds is 6. The molecule has 2 fully saturated rings. The highest BCUT2D eigenvalue weighted by atomic mass is 16.2. The van der Waals surface area contributed by atoms with Gasteiger partial charge in [0.2, 0.25) is 5.91 Å². The summed E-state index contributed by atoms with van der Waals surface area (Å²) in [7, 11) is 0. The van der Waals surface area contributed by atoms with Crippen LogP contribution in [0.15, 0.2) is 35.1 Å². The highest BCUT2D eigenvalue weighted by Crippen LogP contribution is 2.44. The molecule has 0 spiro atoms. The molecule has 1 saturated carbocycles. The highest BCUT2D eigenvalue weighted by Gasteiger charge is 2.44. The van der Waals surface area contributed by atoms with Gasteiger partial charge < -0.3 is 4.90 Å².